The summed E-state index contributed by atoms with van der Waals surface area (Å²) in [5.74, 6) is 1.29. The predicted molar refractivity (Wildman–Crippen MR) is 96.0 cm³/mol. The van der Waals surface area contributed by atoms with Crippen LogP contribution in [-0.2, 0) is 11.8 Å². The molecule has 0 spiro atoms. The van der Waals surface area contributed by atoms with Crippen molar-refractivity contribution in [3.63, 3.8) is 0 Å². The van der Waals surface area contributed by atoms with Crippen molar-refractivity contribution >= 4 is 17.4 Å². The lowest BCUT2D eigenvalue weighted by Gasteiger charge is -2.32. The molecule has 25 heavy (non-hydrogen) atoms. The van der Waals surface area contributed by atoms with Crippen molar-refractivity contribution < 1.29 is 9.53 Å². The number of aryl methyl sites for hydroxylation is 1. The number of carbonyl (C=O) groups is 1. The minimum Gasteiger partial charge on any atom is -0.497 e. The third-order valence-electron chi connectivity index (χ3n) is 4.40. The first-order valence-corrected chi connectivity index (χ1v) is 8.31. The van der Waals surface area contributed by atoms with Crippen LogP contribution >= 0.6 is 0 Å². The molecule has 1 aromatic heterocycles. The van der Waals surface area contributed by atoms with Gasteiger partial charge in [0.15, 0.2) is 0 Å². The van der Waals surface area contributed by atoms with Crippen molar-refractivity contribution in [2.45, 2.75) is 12.8 Å². The lowest BCUT2D eigenvalue weighted by atomic mass is 9.97. The highest BCUT2D eigenvalue weighted by Crippen LogP contribution is 2.23. The highest BCUT2D eigenvalue weighted by atomic mass is 16.5. The average Bonchev–Trinajstić information content (AvgIpc) is 2.64. The Kier molecular flexibility index (Phi) is 5.02. The molecule has 1 aliphatic heterocycles. The van der Waals surface area contributed by atoms with Gasteiger partial charge in [0.05, 0.1) is 13.0 Å². The molecular formula is C18H22N4O3. The molecule has 0 radical (unpaired) electrons. The van der Waals surface area contributed by atoms with E-state index in [1.165, 1.54) is 10.7 Å². The van der Waals surface area contributed by atoms with Gasteiger partial charge in [-0.25, -0.2) is 4.68 Å². The number of ether oxygens (including phenoxy) is 1. The smallest absolute Gasteiger partial charge is 0.266 e. The standard InChI is InChI=1S/C18H22N4O3/c1-21-17(23)9-8-16(20-21)22-10-4-5-13(12-22)18(24)19-14-6-3-7-15(11-14)25-2/h3,6-9,11,13H,4-5,10,12H2,1-2H3,(H,19,24). The maximum absolute atomic E-state index is 12.6. The van der Waals surface area contributed by atoms with Crippen LogP contribution in [0.2, 0.25) is 0 Å². The van der Waals surface area contributed by atoms with Crippen LogP contribution in [0.25, 0.3) is 0 Å². The number of rotatable bonds is 4. The topological polar surface area (TPSA) is 76.5 Å². The van der Waals surface area contributed by atoms with Crippen LogP contribution in [-0.4, -0.2) is 35.9 Å². The zero-order valence-corrected chi connectivity index (χ0v) is 14.4. The summed E-state index contributed by atoms with van der Waals surface area (Å²) in [4.78, 5) is 26.2. The lowest BCUT2D eigenvalue weighted by Crippen LogP contribution is -2.41. The number of anilines is 2. The quantitative estimate of drug-likeness (QED) is 0.914. The summed E-state index contributed by atoms with van der Waals surface area (Å²) in [7, 11) is 3.23. The van der Waals surface area contributed by atoms with E-state index in [4.69, 9.17) is 4.74 Å². The van der Waals surface area contributed by atoms with Crippen molar-refractivity contribution in [1.82, 2.24) is 9.78 Å². The van der Waals surface area contributed by atoms with E-state index in [-0.39, 0.29) is 17.4 Å². The number of nitrogens with one attached hydrogen (secondary N) is 1. The highest BCUT2D eigenvalue weighted by molar-refractivity contribution is 5.93. The molecule has 1 amide bonds. The summed E-state index contributed by atoms with van der Waals surface area (Å²) in [5.41, 5.74) is 0.579. The minimum atomic E-state index is -0.145. The largest absolute Gasteiger partial charge is 0.497 e. The van der Waals surface area contributed by atoms with Gasteiger partial charge in [-0.05, 0) is 31.0 Å². The molecule has 1 N–H and O–H groups in total. The Morgan fingerprint density at radius 1 is 1.32 bits per heavy atom. The van der Waals surface area contributed by atoms with E-state index < -0.39 is 0 Å². The van der Waals surface area contributed by atoms with E-state index in [1.54, 1.807) is 26.3 Å². The number of carbonyl (C=O) groups excluding carboxylic acids is 1. The summed E-state index contributed by atoms with van der Waals surface area (Å²) in [6.45, 7) is 1.41. The SMILES string of the molecule is COc1cccc(NC(=O)C2CCCN(c3ccc(=O)n(C)n3)C2)c1. The van der Waals surface area contributed by atoms with E-state index in [9.17, 15) is 9.59 Å². The number of nitrogens with zero attached hydrogens (tertiary/aromatic N) is 3. The molecule has 2 aromatic rings. The van der Waals surface area contributed by atoms with E-state index in [0.29, 0.717) is 12.3 Å². The molecule has 132 valence electrons. The summed E-state index contributed by atoms with van der Waals surface area (Å²) in [5, 5.41) is 7.24. The molecular weight excluding hydrogens is 320 g/mol. The number of amides is 1. The minimum absolute atomic E-state index is 0.0113. The van der Waals surface area contributed by atoms with Gasteiger partial charge in [0, 0.05) is 38.0 Å². The van der Waals surface area contributed by atoms with E-state index in [0.717, 1.165) is 30.9 Å². The Balaban J connectivity index is 1.68. The van der Waals surface area contributed by atoms with E-state index in [2.05, 4.69) is 15.3 Å². The van der Waals surface area contributed by atoms with Crippen LogP contribution in [0.3, 0.4) is 0 Å². The van der Waals surface area contributed by atoms with Gasteiger partial charge in [-0.2, -0.15) is 5.10 Å². The Hall–Kier alpha value is -2.83. The fourth-order valence-corrected chi connectivity index (χ4v) is 3.00. The van der Waals surface area contributed by atoms with E-state index >= 15 is 0 Å². The second-order valence-corrected chi connectivity index (χ2v) is 6.16. The second-order valence-electron chi connectivity index (χ2n) is 6.16. The van der Waals surface area contributed by atoms with Crippen molar-refractivity contribution in [1.29, 1.82) is 0 Å². The van der Waals surface area contributed by atoms with Crippen molar-refractivity contribution in [2.24, 2.45) is 13.0 Å². The number of methoxy groups -OCH3 is 1. The summed E-state index contributed by atoms with van der Waals surface area (Å²) < 4.78 is 6.50. The van der Waals surface area contributed by atoms with Crippen molar-refractivity contribution in [2.75, 3.05) is 30.4 Å². The molecule has 1 aliphatic rings. The third kappa shape index (κ3) is 3.99. The van der Waals surface area contributed by atoms with Crippen molar-refractivity contribution in [3.05, 3.63) is 46.8 Å². The number of hydrogen-bond acceptors (Lipinski definition) is 5. The van der Waals surface area contributed by atoms with Gasteiger partial charge in [-0.1, -0.05) is 6.07 Å². The van der Waals surface area contributed by atoms with Gasteiger partial charge in [0.25, 0.3) is 5.56 Å². The zero-order valence-electron chi connectivity index (χ0n) is 14.4. The fraction of sp³-hybridized carbons (Fsp3) is 0.389. The highest BCUT2D eigenvalue weighted by Gasteiger charge is 2.27. The first kappa shape index (κ1) is 17.0. The summed E-state index contributed by atoms with van der Waals surface area (Å²) in [6, 6.07) is 10.5. The monoisotopic (exact) mass is 342 g/mol. The summed E-state index contributed by atoms with van der Waals surface area (Å²) >= 11 is 0. The molecule has 0 saturated carbocycles. The first-order chi connectivity index (χ1) is 12.1. The molecule has 7 heteroatoms. The molecule has 7 nitrogen and oxygen atoms in total. The number of benzene rings is 1. The number of piperidine rings is 1. The molecule has 0 aliphatic carbocycles. The molecule has 1 saturated heterocycles. The van der Waals surface area contributed by atoms with Crippen LogP contribution in [0.1, 0.15) is 12.8 Å². The molecule has 2 heterocycles. The van der Waals surface area contributed by atoms with Gasteiger partial charge in [-0.3, -0.25) is 9.59 Å². The van der Waals surface area contributed by atoms with Gasteiger partial charge >= 0.3 is 0 Å². The van der Waals surface area contributed by atoms with Crippen LogP contribution in [0.15, 0.2) is 41.2 Å². The summed E-state index contributed by atoms with van der Waals surface area (Å²) in [6.07, 6.45) is 1.73. The normalized spacial score (nSPS) is 17.2. The van der Waals surface area contributed by atoms with Crippen LogP contribution < -0.4 is 20.5 Å². The average molecular weight is 342 g/mol. The predicted octanol–water partition coefficient (Wildman–Crippen LogP) is 1.64. The first-order valence-electron chi connectivity index (χ1n) is 8.31. The van der Waals surface area contributed by atoms with Gasteiger partial charge in [0.2, 0.25) is 5.91 Å². The molecule has 1 aromatic carbocycles. The molecule has 3 rings (SSSR count). The van der Waals surface area contributed by atoms with Crippen molar-refractivity contribution in [3.8, 4) is 5.75 Å². The van der Waals surface area contributed by atoms with Gasteiger partial charge < -0.3 is 15.0 Å². The third-order valence-corrected chi connectivity index (χ3v) is 4.40. The maximum Gasteiger partial charge on any atom is 0.266 e. The maximum atomic E-state index is 12.6. The lowest BCUT2D eigenvalue weighted by molar-refractivity contribution is -0.120. The number of aromatic nitrogens is 2. The Labute approximate surface area is 146 Å². The molecule has 1 fully saturated rings. The fourth-order valence-electron chi connectivity index (χ4n) is 3.00. The second kappa shape index (κ2) is 7.38. The van der Waals surface area contributed by atoms with E-state index in [1.807, 2.05) is 18.2 Å². The zero-order chi connectivity index (χ0) is 17.8. The molecule has 1 atom stereocenters. The van der Waals surface area contributed by atoms with Crippen LogP contribution in [0, 0.1) is 5.92 Å². The van der Waals surface area contributed by atoms with Gasteiger partial charge in [-0.15, -0.1) is 0 Å². The number of hydrogen-bond donors (Lipinski definition) is 1. The Bertz CT molecular complexity index is 818. The van der Waals surface area contributed by atoms with Crippen LogP contribution in [0.5, 0.6) is 5.75 Å². The molecule has 1 unspecified atom stereocenters. The molecule has 0 bridgehead atoms. The van der Waals surface area contributed by atoms with Gasteiger partial charge in [0.1, 0.15) is 11.6 Å². The Morgan fingerprint density at radius 2 is 2.16 bits per heavy atom. The Morgan fingerprint density at radius 3 is 2.92 bits per heavy atom. The van der Waals surface area contributed by atoms with Crippen LogP contribution in [0.4, 0.5) is 11.5 Å².